The zero-order valence-electron chi connectivity index (χ0n) is 28.3. The maximum Gasteiger partial charge on any atom is 0.573 e. The van der Waals surface area contributed by atoms with Crippen molar-refractivity contribution < 1.29 is 36.9 Å². The summed E-state index contributed by atoms with van der Waals surface area (Å²) in [4.78, 5) is 38.7. The van der Waals surface area contributed by atoms with Gasteiger partial charge < -0.3 is 14.6 Å². The molecule has 0 spiro atoms. The molecule has 5 rings (SSSR count). The monoisotopic (exact) mass is 742 g/mol. The fourth-order valence-electron chi connectivity index (χ4n) is 5.09. The molecule has 13 nitrogen and oxygen atoms in total. The number of benzene rings is 3. The smallest absolute Gasteiger partial charge is 0.465 e. The van der Waals surface area contributed by atoms with Gasteiger partial charge >= 0.3 is 24.2 Å². The Morgan fingerprint density at radius 2 is 1.77 bits per heavy atom. The zero-order valence-corrected chi connectivity index (χ0v) is 29.2. The number of nitrogens with one attached hydrogen (secondary N) is 1. The Morgan fingerprint density at radius 3 is 2.38 bits per heavy atom. The van der Waals surface area contributed by atoms with Crippen LogP contribution in [0.1, 0.15) is 44.7 Å². The number of amidine groups is 1. The van der Waals surface area contributed by atoms with E-state index in [4.69, 9.17) is 4.74 Å². The number of hydrogen-bond acceptors (Lipinski definition) is 8. The molecule has 0 aliphatic rings. The largest absolute Gasteiger partial charge is 0.573 e. The van der Waals surface area contributed by atoms with E-state index >= 15 is 0 Å². The molecule has 1 amide bonds. The van der Waals surface area contributed by atoms with Crippen LogP contribution >= 0.6 is 11.5 Å². The van der Waals surface area contributed by atoms with Crippen LogP contribution in [0.15, 0.2) is 87.8 Å². The van der Waals surface area contributed by atoms with Crippen molar-refractivity contribution in [3.05, 3.63) is 105 Å². The van der Waals surface area contributed by atoms with Crippen molar-refractivity contribution >= 4 is 23.6 Å². The van der Waals surface area contributed by atoms with E-state index in [-0.39, 0.29) is 35.5 Å². The second kappa shape index (κ2) is 16.1. The molecule has 52 heavy (non-hydrogen) atoms. The molecule has 3 aromatic carbocycles. The van der Waals surface area contributed by atoms with E-state index in [1.807, 2.05) is 13.8 Å². The highest BCUT2D eigenvalue weighted by Gasteiger charge is 2.31. The predicted octanol–water partition coefficient (Wildman–Crippen LogP) is 6.26. The molecule has 0 bridgehead atoms. The van der Waals surface area contributed by atoms with E-state index in [2.05, 4.69) is 30.1 Å². The molecular formula is C34H34F4N8O5S. The number of carboxylic acid groups (broad SMARTS) is 1. The number of alkyl halides is 3. The van der Waals surface area contributed by atoms with Gasteiger partial charge in [0.2, 0.25) is 4.80 Å². The van der Waals surface area contributed by atoms with Gasteiger partial charge in [-0.25, -0.2) is 37.2 Å². The molecular weight excluding hydrogens is 708 g/mol. The lowest BCUT2D eigenvalue weighted by Gasteiger charge is -2.14. The molecule has 0 saturated carbocycles. The van der Waals surface area contributed by atoms with Gasteiger partial charge in [-0.15, -0.1) is 18.3 Å². The van der Waals surface area contributed by atoms with E-state index in [0.29, 0.717) is 34.9 Å². The summed E-state index contributed by atoms with van der Waals surface area (Å²) >= 11 is 1.03. The maximum absolute atomic E-state index is 14.5. The minimum atomic E-state index is -4.80. The second-order valence-corrected chi connectivity index (χ2v) is 12.4. The van der Waals surface area contributed by atoms with Crippen molar-refractivity contribution in [1.29, 1.82) is 0 Å². The third-order valence-electron chi connectivity index (χ3n) is 7.42. The van der Waals surface area contributed by atoms with E-state index in [0.717, 1.165) is 17.1 Å². The molecule has 0 radical (unpaired) electrons. The fourth-order valence-corrected chi connectivity index (χ4v) is 5.96. The Bertz CT molecular complexity index is 2170. The molecule has 2 aromatic heterocycles. The minimum Gasteiger partial charge on any atom is -0.465 e. The number of ether oxygens (including phenoxy) is 2. The summed E-state index contributed by atoms with van der Waals surface area (Å²) in [6, 6.07) is 16.1. The Labute approximate surface area is 298 Å². The standard InChI is InChI=1S/C34H34F4N8O5S/c1-5-45-33(49)46(27-18-23(35)11-16-26(27)20(3)4)31(52-45)42-30(50-6-2)40-28(41-32(47)48)17-21-7-9-22(10-8-21)29-39-19-44(43-29)24-12-14-25(15-13-24)51-34(36,37)38/h7-16,18-20,28,41H,5-6,17H2,1-4H3,(H,47,48). The van der Waals surface area contributed by atoms with Crippen LogP contribution in [0.3, 0.4) is 0 Å². The lowest BCUT2D eigenvalue weighted by atomic mass is 10.0. The molecule has 2 N–H and O–H groups in total. The first-order valence-electron chi connectivity index (χ1n) is 16.0. The average molecular weight is 743 g/mol. The first-order chi connectivity index (χ1) is 24.7. The zero-order chi connectivity index (χ0) is 37.6. The van der Waals surface area contributed by atoms with Crippen molar-refractivity contribution in [2.45, 2.75) is 59.1 Å². The summed E-state index contributed by atoms with van der Waals surface area (Å²) < 4.78 is 65.7. The van der Waals surface area contributed by atoms with Gasteiger partial charge in [-0.3, -0.25) is 5.32 Å². The Hall–Kier alpha value is -5.78. The van der Waals surface area contributed by atoms with Gasteiger partial charge in [0.15, 0.2) is 5.82 Å². The number of aliphatic imine (C=N–C) groups is 1. The fraction of sp³-hybridized carbons (Fsp3) is 0.294. The molecule has 0 saturated heterocycles. The van der Waals surface area contributed by atoms with E-state index in [9.17, 15) is 32.3 Å². The number of aromatic nitrogens is 5. The van der Waals surface area contributed by atoms with E-state index < -0.39 is 30.1 Å². The lowest BCUT2D eigenvalue weighted by molar-refractivity contribution is -0.274. The third kappa shape index (κ3) is 9.30. The van der Waals surface area contributed by atoms with Crippen molar-refractivity contribution in [2.75, 3.05) is 6.61 Å². The minimum absolute atomic E-state index is 0.0464. The summed E-state index contributed by atoms with van der Waals surface area (Å²) in [5, 5.41) is 16.4. The van der Waals surface area contributed by atoms with Gasteiger partial charge in [-0.1, -0.05) is 44.2 Å². The second-order valence-electron chi connectivity index (χ2n) is 11.4. The molecule has 1 atom stereocenters. The topological polar surface area (TPSA) is 150 Å². The molecule has 2 heterocycles. The van der Waals surface area contributed by atoms with Crippen LogP contribution in [0, 0.1) is 5.82 Å². The first kappa shape index (κ1) is 37.5. The molecule has 18 heteroatoms. The molecule has 0 aliphatic heterocycles. The molecule has 0 aliphatic carbocycles. The summed E-state index contributed by atoms with van der Waals surface area (Å²) in [7, 11) is 0. The first-order valence-corrected chi connectivity index (χ1v) is 16.8. The van der Waals surface area contributed by atoms with Crippen molar-refractivity contribution in [2.24, 2.45) is 9.98 Å². The van der Waals surface area contributed by atoms with Crippen molar-refractivity contribution in [3.63, 3.8) is 0 Å². The molecule has 274 valence electrons. The van der Waals surface area contributed by atoms with Gasteiger partial charge in [0.25, 0.3) is 0 Å². The van der Waals surface area contributed by atoms with Crippen LogP contribution in [0.2, 0.25) is 0 Å². The number of amides is 1. The average Bonchev–Trinajstić information content (AvgIpc) is 3.69. The summed E-state index contributed by atoms with van der Waals surface area (Å²) in [5.74, 6) is -0.605. The maximum atomic E-state index is 14.5. The van der Waals surface area contributed by atoms with Gasteiger partial charge in [0.1, 0.15) is 24.1 Å². The SMILES string of the molecule is CCOC(=NC(Cc1ccc(-c2ncn(-c3ccc(OC(F)(F)F)cc3)n2)cc1)NC(=O)O)N=c1sn(CC)c(=O)n1-c1cc(F)ccc1C(C)C. The Kier molecular flexibility index (Phi) is 11.6. The van der Waals surface area contributed by atoms with Crippen molar-refractivity contribution in [1.82, 2.24) is 28.6 Å². The number of rotatable bonds is 11. The van der Waals surface area contributed by atoms with Crippen LogP contribution in [0.5, 0.6) is 5.75 Å². The molecule has 0 fully saturated rings. The highest BCUT2D eigenvalue weighted by molar-refractivity contribution is 7.03. The number of nitrogens with zero attached hydrogens (tertiary/aromatic N) is 7. The van der Waals surface area contributed by atoms with Crippen LogP contribution in [-0.4, -0.2) is 59.6 Å². The van der Waals surface area contributed by atoms with Gasteiger partial charge in [0, 0.05) is 18.5 Å². The predicted molar refractivity (Wildman–Crippen MR) is 184 cm³/mol. The normalized spacial score (nSPS) is 13.0. The van der Waals surface area contributed by atoms with Crippen LogP contribution in [0.4, 0.5) is 22.4 Å². The Morgan fingerprint density at radius 1 is 1.06 bits per heavy atom. The molecule has 1 unspecified atom stereocenters. The number of carbonyl (C=O) groups is 1. The highest BCUT2D eigenvalue weighted by atomic mass is 32.1. The summed E-state index contributed by atoms with van der Waals surface area (Å²) in [6.07, 6.45) is -5.71. The van der Waals surface area contributed by atoms with E-state index in [1.54, 1.807) is 44.2 Å². The highest BCUT2D eigenvalue weighted by Crippen LogP contribution is 2.25. The van der Waals surface area contributed by atoms with Crippen LogP contribution in [-0.2, 0) is 17.7 Å². The summed E-state index contributed by atoms with van der Waals surface area (Å²) in [5.41, 5.74) is 2.38. The lowest BCUT2D eigenvalue weighted by Crippen LogP contribution is -2.35. The van der Waals surface area contributed by atoms with Crippen LogP contribution in [0.25, 0.3) is 22.8 Å². The molecule has 5 aromatic rings. The van der Waals surface area contributed by atoms with Gasteiger partial charge in [-0.2, -0.15) is 4.99 Å². The summed E-state index contributed by atoms with van der Waals surface area (Å²) in [6.45, 7) is 7.79. The van der Waals surface area contributed by atoms with Crippen molar-refractivity contribution in [3.8, 4) is 28.5 Å². The quantitative estimate of drug-likeness (QED) is 0.0922. The number of halogens is 4. The van der Waals surface area contributed by atoms with Gasteiger partial charge in [0.05, 0.1) is 18.0 Å². The van der Waals surface area contributed by atoms with Gasteiger partial charge in [-0.05, 0) is 78.8 Å². The third-order valence-corrected chi connectivity index (χ3v) is 8.49. The van der Waals surface area contributed by atoms with E-state index in [1.165, 1.54) is 55.9 Å². The number of hydrogen-bond donors (Lipinski definition) is 2. The van der Waals surface area contributed by atoms with Crippen LogP contribution < -0.4 is 20.5 Å². The Balaban J connectivity index is 1.42. The number of aryl methyl sites for hydroxylation is 1.